The summed E-state index contributed by atoms with van der Waals surface area (Å²) in [5, 5.41) is 5.30. The second kappa shape index (κ2) is 6.24. The Bertz CT molecular complexity index is 849. The van der Waals surface area contributed by atoms with Crippen molar-refractivity contribution in [3.05, 3.63) is 53.9 Å². The molecule has 3 aromatic rings. The molecule has 0 atom stereocenters. The van der Waals surface area contributed by atoms with Crippen molar-refractivity contribution in [2.45, 2.75) is 43.1 Å². The summed E-state index contributed by atoms with van der Waals surface area (Å²) < 4.78 is 7.71. The van der Waals surface area contributed by atoms with E-state index in [2.05, 4.69) is 28.4 Å². The van der Waals surface area contributed by atoms with E-state index in [9.17, 15) is 0 Å². The molecular formula is C18H19N3OS. The van der Waals surface area contributed by atoms with Crippen LogP contribution in [0.5, 0.6) is 0 Å². The maximum absolute atomic E-state index is 5.51. The number of thioether (sulfide) groups is 1. The molecule has 0 amide bonds. The molecule has 5 heteroatoms. The Morgan fingerprint density at radius 3 is 3.04 bits per heavy atom. The van der Waals surface area contributed by atoms with E-state index in [-0.39, 0.29) is 0 Å². The monoisotopic (exact) mass is 325 g/mol. The average Bonchev–Trinajstić information content (AvgIpc) is 3.15. The number of aromatic nitrogens is 3. The van der Waals surface area contributed by atoms with Crippen molar-refractivity contribution >= 4 is 22.8 Å². The summed E-state index contributed by atoms with van der Waals surface area (Å²) in [6.45, 7) is 4.63. The van der Waals surface area contributed by atoms with E-state index in [0.29, 0.717) is 0 Å². The summed E-state index contributed by atoms with van der Waals surface area (Å²) >= 11 is 1.72. The topological polar surface area (TPSA) is 43.9 Å². The third-order valence-corrected chi connectivity index (χ3v) is 5.29. The molecule has 0 radical (unpaired) electrons. The standard InChI is InChI=1S/C18H19N3OS/c1-2-11-21-16-9-5-4-8-14(16)19-18(21)23-12-15-13-7-3-6-10-17(13)22-20-15/h2,4-5,8-9H,1,3,6-7,10-12H2. The second-order valence-electron chi connectivity index (χ2n) is 5.81. The van der Waals surface area contributed by atoms with Crippen molar-refractivity contribution in [3.8, 4) is 0 Å². The van der Waals surface area contributed by atoms with Gasteiger partial charge >= 0.3 is 0 Å². The fourth-order valence-electron chi connectivity index (χ4n) is 3.16. The predicted octanol–water partition coefficient (Wildman–Crippen LogP) is 4.38. The molecule has 1 aliphatic rings. The van der Waals surface area contributed by atoms with Crippen LogP contribution in [-0.2, 0) is 25.1 Å². The molecular weight excluding hydrogens is 306 g/mol. The first kappa shape index (κ1) is 14.6. The van der Waals surface area contributed by atoms with E-state index in [1.807, 2.05) is 18.2 Å². The molecule has 1 aromatic carbocycles. The molecule has 118 valence electrons. The van der Waals surface area contributed by atoms with Gasteiger partial charge in [0, 0.05) is 24.3 Å². The van der Waals surface area contributed by atoms with Gasteiger partial charge in [0.15, 0.2) is 5.16 Å². The van der Waals surface area contributed by atoms with Crippen LogP contribution in [0.3, 0.4) is 0 Å². The van der Waals surface area contributed by atoms with Gasteiger partial charge in [-0.05, 0) is 31.4 Å². The minimum Gasteiger partial charge on any atom is -0.361 e. The van der Waals surface area contributed by atoms with Gasteiger partial charge in [-0.25, -0.2) is 4.98 Å². The van der Waals surface area contributed by atoms with E-state index < -0.39 is 0 Å². The Balaban J connectivity index is 1.61. The molecule has 2 heterocycles. The van der Waals surface area contributed by atoms with Crippen LogP contribution in [-0.4, -0.2) is 14.7 Å². The van der Waals surface area contributed by atoms with Crippen molar-refractivity contribution in [1.29, 1.82) is 0 Å². The van der Waals surface area contributed by atoms with Crippen LogP contribution in [0, 0.1) is 0 Å². The molecule has 0 unspecified atom stereocenters. The molecule has 23 heavy (non-hydrogen) atoms. The first-order valence-corrected chi connectivity index (χ1v) is 9.00. The highest BCUT2D eigenvalue weighted by atomic mass is 32.2. The van der Waals surface area contributed by atoms with Gasteiger partial charge in [0.25, 0.3) is 0 Å². The van der Waals surface area contributed by atoms with Crippen molar-refractivity contribution < 1.29 is 4.52 Å². The number of nitrogens with zero attached hydrogens (tertiary/aromatic N) is 3. The van der Waals surface area contributed by atoms with Crippen LogP contribution in [0.1, 0.15) is 29.9 Å². The van der Waals surface area contributed by atoms with Crippen molar-refractivity contribution in [2.24, 2.45) is 0 Å². The Hall–Kier alpha value is -2.01. The van der Waals surface area contributed by atoms with Crippen LogP contribution in [0.15, 0.2) is 46.6 Å². The van der Waals surface area contributed by atoms with E-state index in [1.54, 1.807) is 11.8 Å². The lowest BCUT2D eigenvalue weighted by atomic mass is 9.97. The fourth-order valence-corrected chi connectivity index (χ4v) is 4.15. The Labute approximate surface area is 139 Å². The van der Waals surface area contributed by atoms with Gasteiger partial charge in [0.1, 0.15) is 5.76 Å². The summed E-state index contributed by atoms with van der Waals surface area (Å²) in [5.41, 5.74) is 4.59. The molecule has 0 spiro atoms. The number of rotatable bonds is 5. The first-order chi connectivity index (χ1) is 11.4. The van der Waals surface area contributed by atoms with E-state index in [1.165, 1.54) is 18.4 Å². The lowest BCUT2D eigenvalue weighted by Gasteiger charge is -2.09. The minimum atomic E-state index is 0.764. The van der Waals surface area contributed by atoms with Crippen LogP contribution in [0.4, 0.5) is 0 Å². The third-order valence-electron chi connectivity index (χ3n) is 4.30. The lowest BCUT2D eigenvalue weighted by molar-refractivity contribution is 0.369. The molecule has 0 saturated carbocycles. The Kier molecular flexibility index (Phi) is 3.95. The number of hydrogen-bond donors (Lipinski definition) is 0. The summed E-state index contributed by atoms with van der Waals surface area (Å²) in [6, 6.07) is 8.23. The molecule has 0 saturated heterocycles. The van der Waals surface area contributed by atoms with Crippen LogP contribution >= 0.6 is 11.8 Å². The number of hydrogen-bond acceptors (Lipinski definition) is 4. The lowest BCUT2D eigenvalue weighted by Crippen LogP contribution is -2.02. The summed E-state index contributed by atoms with van der Waals surface area (Å²) in [4.78, 5) is 4.76. The van der Waals surface area contributed by atoms with Crippen molar-refractivity contribution in [2.75, 3.05) is 0 Å². The highest BCUT2D eigenvalue weighted by Crippen LogP contribution is 2.30. The molecule has 1 aliphatic carbocycles. The van der Waals surface area contributed by atoms with Gasteiger partial charge in [-0.3, -0.25) is 0 Å². The van der Waals surface area contributed by atoms with Crippen LogP contribution in [0.2, 0.25) is 0 Å². The molecule has 2 aromatic heterocycles. The summed E-state index contributed by atoms with van der Waals surface area (Å²) in [7, 11) is 0. The number of aryl methyl sites for hydroxylation is 1. The van der Waals surface area contributed by atoms with Gasteiger partial charge in [-0.2, -0.15) is 0 Å². The fraction of sp³-hybridized carbons (Fsp3) is 0.333. The molecule has 0 bridgehead atoms. The Morgan fingerprint density at radius 2 is 2.13 bits per heavy atom. The number of fused-ring (bicyclic) bond motifs is 2. The van der Waals surface area contributed by atoms with Gasteiger partial charge in [-0.15, -0.1) is 6.58 Å². The normalized spacial score (nSPS) is 14.1. The van der Waals surface area contributed by atoms with Crippen molar-refractivity contribution in [1.82, 2.24) is 14.7 Å². The summed E-state index contributed by atoms with van der Waals surface area (Å²) in [6.07, 6.45) is 6.49. The minimum absolute atomic E-state index is 0.764. The molecule has 0 N–H and O–H groups in total. The number of allylic oxidation sites excluding steroid dienone is 1. The maximum Gasteiger partial charge on any atom is 0.169 e. The van der Waals surface area contributed by atoms with Gasteiger partial charge < -0.3 is 9.09 Å². The quantitative estimate of drug-likeness (QED) is 0.516. The third kappa shape index (κ3) is 2.70. The van der Waals surface area contributed by atoms with E-state index >= 15 is 0 Å². The highest BCUT2D eigenvalue weighted by Gasteiger charge is 2.20. The first-order valence-electron chi connectivity index (χ1n) is 8.02. The Morgan fingerprint density at radius 1 is 1.26 bits per heavy atom. The molecule has 0 aliphatic heterocycles. The predicted molar refractivity (Wildman–Crippen MR) is 92.6 cm³/mol. The number of benzene rings is 1. The van der Waals surface area contributed by atoms with Gasteiger partial charge in [0.2, 0.25) is 0 Å². The molecule has 0 fully saturated rings. The van der Waals surface area contributed by atoms with Gasteiger partial charge in [0.05, 0.1) is 16.7 Å². The highest BCUT2D eigenvalue weighted by molar-refractivity contribution is 7.98. The average molecular weight is 325 g/mol. The van der Waals surface area contributed by atoms with E-state index in [0.717, 1.165) is 52.8 Å². The van der Waals surface area contributed by atoms with Crippen LogP contribution in [0.25, 0.3) is 11.0 Å². The van der Waals surface area contributed by atoms with Crippen LogP contribution < -0.4 is 0 Å². The SMILES string of the molecule is C=CCn1c(SCc2noc3c2CCCC3)nc2ccccc21. The number of para-hydroxylation sites is 2. The summed E-state index contributed by atoms with van der Waals surface area (Å²) in [5.74, 6) is 1.89. The maximum atomic E-state index is 5.51. The van der Waals surface area contributed by atoms with E-state index in [4.69, 9.17) is 9.51 Å². The zero-order valence-electron chi connectivity index (χ0n) is 13.0. The largest absolute Gasteiger partial charge is 0.361 e. The van der Waals surface area contributed by atoms with Crippen molar-refractivity contribution in [3.63, 3.8) is 0 Å². The number of imidazole rings is 1. The van der Waals surface area contributed by atoms with Gasteiger partial charge in [-0.1, -0.05) is 35.1 Å². The zero-order chi connectivity index (χ0) is 15.6. The molecule has 4 nitrogen and oxygen atoms in total. The zero-order valence-corrected chi connectivity index (χ0v) is 13.8. The molecule has 4 rings (SSSR count). The smallest absolute Gasteiger partial charge is 0.169 e. The second-order valence-corrected chi connectivity index (χ2v) is 6.75.